The SMILES string of the molecule is Nc1nonc1C(=NC1Cc2cc(F)ccc21)NO. The molecule has 2 aromatic rings. The molecule has 0 bridgehead atoms. The zero-order valence-corrected chi connectivity index (χ0v) is 9.67. The summed E-state index contributed by atoms with van der Waals surface area (Å²) in [6.07, 6.45) is 0.587. The van der Waals surface area contributed by atoms with E-state index in [1.54, 1.807) is 6.07 Å². The van der Waals surface area contributed by atoms with Gasteiger partial charge in [-0.15, -0.1) is 0 Å². The van der Waals surface area contributed by atoms with Crippen LogP contribution >= 0.6 is 0 Å². The van der Waals surface area contributed by atoms with Gasteiger partial charge in [-0.25, -0.2) is 9.02 Å². The van der Waals surface area contributed by atoms with Crippen molar-refractivity contribution in [2.45, 2.75) is 12.5 Å². The number of nitrogen functional groups attached to an aromatic ring is 1. The molecule has 1 aliphatic rings. The van der Waals surface area contributed by atoms with Crippen LogP contribution in [0.15, 0.2) is 27.8 Å². The Morgan fingerprint density at radius 1 is 1.53 bits per heavy atom. The van der Waals surface area contributed by atoms with E-state index in [2.05, 4.69) is 19.9 Å². The summed E-state index contributed by atoms with van der Waals surface area (Å²) in [5.74, 6) is -0.177. The Balaban J connectivity index is 1.90. The zero-order chi connectivity index (χ0) is 13.4. The summed E-state index contributed by atoms with van der Waals surface area (Å²) in [5, 5.41) is 16.0. The molecule has 8 heteroatoms. The Labute approximate surface area is 106 Å². The zero-order valence-electron chi connectivity index (χ0n) is 9.67. The van der Waals surface area contributed by atoms with Crippen molar-refractivity contribution < 1.29 is 14.2 Å². The molecule has 0 saturated carbocycles. The first-order chi connectivity index (χ1) is 9.19. The molecule has 0 aliphatic heterocycles. The molecule has 0 fully saturated rings. The molecule has 3 rings (SSSR count). The van der Waals surface area contributed by atoms with Gasteiger partial charge in [0.15, 0.2) is 17.3 Å². The maximum atomic E-state index is 13.0. The van der Waals surface area contributed by atoms with Crippen LogP contribution in [0.25, 0.3) is 0 Å². The van der Waals surface area contributed by atoms with Gasteiger partial charge < -0.3 is 5.73 Å². The fraction of sp³-hybridized carbons (Fsp3) is 0.182. The van der Waals surface area contributed by atoms with Gasteiger partial charge in [0.1, 0.15) is 5.82 Å². The predicted octanol–water partition coefficient (Wildman–Crippen LogP) is 0.814. The second-order valence-electron chi connectivity index (χ2n) is 4.15. The highest BCUT2D eigenvalue weighted by molar-refractivity contribution is 5.99. The van der Waals surface area contributed by atoms with Gasteiger partial charge in [0.2, 0.25) is 0 Å². The predicted molar refractivity (Wildman–Crippen MR) is 63.0 cm³/mol. The van der Waals surface area contributed by atoms with E-state index in [-0.39, 0.29) is 29.2 Å². The van der Waals surface area contributed by atoms with Crippen molar-refractivity contribution in [3.8, 4) is 0 Å². The highest BCUT2D eigenvalue weighted by Gasteiger charge is 2.27. The number of nitrogens with zero attached hydrogens (tertiary/aromatic N) is 3. The molecule has 98 valence electrons. The monoisotopic (exact) mass is 263 g/mol. The molecule has 4 N–H and O–H groups in total. The molecule has 19 heavy (non-hydrogen) atoms. The molecule has 1 aliphatic carbocycles. The standard InChI is InChI=1S/C11H10FN5O2/c12-6-1-2-7-5(3-6)4-8(7)14-11(15-18)9-10(13)17-19-16-9/h1-3,8,18H,4H2,(H2,13,17)(H,14,15). The molecule has 0 radical (unpaired) electrons. The fourth-order valence-electron chi connectivity index (χ4n) is 2.04. The smallest absolute Gasteiger partial charge is 0.199 e. The maximum Gasteiger partial charge on any atom is 0.199 e. The van der Waals surface area contributed by atoms with Crippen LogP contribution in [0.5, 0.6) is 0 Å². The van der Waals surface area contributed by atoms with Gasteiger partial charge in [-0.1, -0.05) is 6.07 Å². The number of nitrogens with one attached hydrogen (secondary N) is 1. The topological polar surface area (TPSA) is 110 Å². The summed E-state index contributed by atoms with van der Waals surface area (Å²) in [6.45, 7) is 0. The van der Waals surface area contributed by atoms with Gasteiger partial charge in [-0.3, -0.25) is 15.7 Å². The Morgan fingerprint density at radius 3 is 3.00 bits per heavy atom. The second-order valence-corrected chi connectivity index (χ2v) is 4.15. The largest absolute Gasteiger partial charge is 0.379 e. The Bertz CT molecular complexity index is 654. The molecule has 0 saturated heterocycles. The van der Waals surface area contributed by atoms with Crippen molar-refractivity contribution in [1.82, 2.24) is 15.8 Å². The molecule has 1 aromatic carbocycles. The Hall–Kier alpha value is -2.48. The molecular weight excluding hydrogens is 253 g/mol. The Kier molecular flexibility index (Phi) is 2.64. The number of fused-ring (bicyclic) bond motifs is 1. The van der Waals surface area contributed by atoms with Crippen molar-refractivity contribution in [3.05, 3.63) is 40.8 Å². The van der Waals surface area contributed by atoms with Gasteiger partial charge in [-0.2, -0.15) is 0 Å². The normalized spacial score (nSPS) is 17.8. The minimum absolute atomic E-state index is 0.0268. The maximum absolute atomic E-state index is 13.0. The summed E-state index contributed by atoms with van der Waals surface area (Å²) >= 11 is 0. The lowest BCUT2D eigenvalue weighted by Crippen LogP contribution is -2.26. The number of aliphatic imine (C=N–C) groups is 1. The molecule has 1 heterocycles. The number of amidine groups is 1. The van der Waals surface area contributed by atoms with Crippen molar-refractivity contribution in [1.29, 1.82) is 0 Å². The molecule has 7 nitrogen and oxygen atoms in total. The van der Waals surface area contributed by atoms with Crippen LogP contribution < -0.4 is 11.2 Å². The van der Waals surface area contributed by atoms with Gasteiger partial charge in [0.05, 0.1) is 6.04 Å². The van der Waals surface area contributed by atoms with E-state index in [0.717, 1.165) is 11.1 Å². The van der Waals surface area contributed by atoms with Crippen LogP contribution in [0.1, 0.15) is 22.9 Å². The van der Waals surface area contributed by atoms with Gasteiger partial charge >= 0.3 is 0 Å². The summed E-state index contributed by atoms with van der Waals surface area (Å²) < 4.78 is 17.4. The molecule has 1 unspecified atom stereocenters. The summed E-state index contributed by atoms with van der Waals surface area (Å²) in [5.41, 5.74) is 9.38. The Morgan fingerprint density at radius 2 is 2.37 bits per heavy atom. The number of hydrogen-bond acceptors (Lipinski definition) is 6. The summed E-state index contributed by atoms with van der Waals surface area (Å²) in [7, 11) is 0. The van der Waals surface area contributed by atoms with Crippen molar-refractivity contribution >= 4 is 11.7 Å². The third-order valence-corrected chi connectivity index (χ3v) is 3.01. The minimum atomic E-state index is -0.272. The van der Waals surface area contributed by atoms with Gasteiger partial charge in [-0.05, 0) is 40.0 Å². The lowest BCUT2D eigenvalue weighted by atomic mass is 9.83. The molecule has 0 amide bonds. The van der Waals surface area contributed by atoms with E-state index in [9.17, 15) is 4.39 Å². The lowest BCUT2D eigenvalue weighted by molar-refractivity contribution is 0.232. The molecular formula is C11H10FN5O2. The van der Waals surface area contributed by atoms with Crippen LogP contribution in [-0.2, 0) is 6.42 Å². The van der Waals surface area contributed by atoms with Crippen LogP contribution in [0.4, 0.5) is 10.2 Å². The third kappa shape index (κ3) is 1.91. The molecule has 1 atom stereocenters. The second kappa shape index (κ2) is 4.32. The third-order valence-electron chi connectivity index (χ3n) is 3.01. The van der Waals surface area contributed by atoms with Crippen molar-refractivity contribution in [2.75, 3.05) is 5.73 Å². The number of benzene rings is 1. The van der Waals surface area contributed by atoms with Crippen LogP contribution in [0.2, 0.25) is 0 Å². The fourth-order valence-corrected chi connectivity index (χ4v) is 2.04. The van der Waals surface area contributed by atoms with E-state index in [1.165, 1.54) is 12.1 Å². The van der Waals surface area contributed by atoms with E-state index in [4.69, 9.17) is 10.9 Å². The van der Waals surface area contributed by atoms with Crippen LogP contribution in [-0.4, -0.2) is 21.4 Å². The van der Waals surface area contributed by atoms with E-state index < -0.39 is 0 Å². The highest BCUT2D eigenvalue weighted by Crippen LogP contribution is 2.36. The average molecular weight is 263 g/mol. The van der Waals surface area contributed by atoms with E-state index >= 15 is 0 Å². The van der Waals surface area contributed by atoms with Crippen molar-refractivity contribution in [3.63, 3.8) is 0 Å². The van der Waals surface area contributed by atoms with Crippen molar-refractivity contribution in [2.24, 2.45) is 4.99 Å². The lowest BCUT2D eigenvalue weighted by Gasteiger charge is -2.27. The van der Waals surface area contributed by atoms with Gasteiger partial charge in [0, 0.05) is 0 Å². The van der Waals surface area contributed by atoms with E-state index in [0.29, 0.717) is 6.42 Å². The first-order valence-corrected chi connectivity index (χ1v) is 5.53. The summed E-state index contributed by atoms with van der Waals surface area (Å²) in [6, 6.07) is 4.33. The minimum Gasteiger partial charge on any atom is -0.379 e. The molecule has 0 spiro atoms. The van der Waals surface area contributed by atoms with Crippen LogP contribution in [0, 0.1) is 5.82 Å². The number of halogens is 1. The van der Waals surface area contributed by atoms with Crippen LogP contribution in [0.3, 0.4) is 0 Å². The van der Waals surface area contributed by atoms with Gasteiger partial charge in [0.25, 0.3) is 0 Å². The number of rotatable bonds is 2. The highest BCUT2D eigenvalue weighted by atomic mass is 19.1. The quantitative estimate of drug-likeness (QED) is 0.420. The number of hydrogen-bond donors (Lipinski definition) is 3. The summed E-state index contributed by atoms with van der Waals surface area (Å²) in [4.78, 5) is 4.27. The first-order valence-electron chi connectivity index (χ1n) is 5.53. The number of hydroxylamine groups is 1. The first kappa shape index (κ1) is 11.6. The van der Waals surface area contributed by atoms with E-state index in [1.807, 2.05) is 5.48 Å². The number of anilines is 1. The number of nitrogens with two attached hydrogens (primary N) is 1. The molecule has 1 aromatic heterocycles. The average Bonchev–Trinajstić information content (AvgIpc) is 2.78. The number of aromatic nitrogens is 2.